The molecule has 0 aliphatic rings. The van der Waals surface area contributed by atoms with Crippen LogP contribution in [0.5, 0.6) is 23.0 Å². The molecule has 6 aromatic rings. The zero-order valence-corrected chi connectivity index (χ0v) is 34.7. The summed E-state index contributed by atoms with van der Waals surface area (Å²) in [5.74, 6) is 2.34. The summed E-state index contributed by atoms with van der Waals surface area (Å²) in [7, 11) is 0. The van der Waals surface area contributed by atoms with Crippen LogP contribution in [-0.2, 0) is 49.1 Å². The quantitative estimate of drug-likeness (QED) is 0.0573. The molecular formula is C48H48N8O6. The molecule has 14 nitrogen and oxygen atoms in total. The van der Waals surface area contributed by atoms with Gasteiger partial charge in [0, 0.05) is 112 Å². The Labute approximate surface area is 360 Å². The molecule has 0 spiro atoms. The normalized spacial score (nSPS) is 10.6. The standard InChI is InChI=1S/C48H48N8O6/c1-33(57)55-15-13-51-27-39-9-11-43(19-47(39)61-29-37-17-35(21-49)23-53-25-37)59-31-41-7-8-42(46-6-4-3-5-45(41)46)32-60-44-12-10-40(28-52-14-16-56-34(2)58)48(20-44)62-30-38-18-36(22-50)24-54-26-38/h3-12,17-20,23-26,51-52H,13-16,27-32H2,1-2H3,(H,55,57)(H,56,58). The summed E-state index contributed by atoms with van der Waals surface area (Å²) in [6.45, 7) is 7.19. The van der Waals surface area contributed by atoms with E-state index in [4.69, 9.17) is 18.9 Å². The van der Waals surface area contributed by atoms with Gasteiger partial charge >= 0.3 is 0 Å². The van der Waals surface area contributed by atoms with Crippen LogP contribution in [0.2, 0.25) is 0 Å². The molecule has 0 radical (unpaired) electrons. The van der Waals surface area contributed by atoms with Gasteiger partial charge in [-0.15, -0.1) is 0 Å². The number of rotatable bonds is 22. The zero-order chi connectivity index (χ0) is 43.5. The molecule has 0 saturated carbocycles. The topological polar surface area (TPSA) is 193 Å². The van der Waals surface area contributed by atoms with Crippen molar-refractivity contribution in [3.63, 3.8) is 0 Å². The lowest BCUT2D eigenvalue weighted by atomic mass is 10.00. The van der Waals surface area contributed by atoms with E-state index in [1.54, 1.807) is 24.5 Å². The lowest BCUT2D eigenvalue weighted by Gasteiger charge is -2.17. The molecule has 0 unspecified atom stereocenters. The summed E-state index contributed by atoms with van der Waals surface area (Å²) in [6, 6.07) is 31.4. The SMILES string of the molecule is CC(=O)NCCNCc1ccc(OCc2ccc(COc3ccc(CNCCNC(C)=O)c(OCc4cncc(C#N)c4)c3)c3ccccc23)cc1OCc1cncc(C#N)c1. The van der Waals surface area contributed by atoms with Gasteiger partial charge < -0.3 is 40.2 Å². The van der Waals surface area contributed by atoms with Crippen molar-refractivity contribution in [1.29, 1.82) is 10.5 Å². The second-order valence-corrected chi connectivity index (χ2v) is 14.3. The molecule has 62 heavy (non-hydrogen) atoms. The number of fused-ring (bicyclic) bond motifs is 1. The van der Waals surface area contributed by atoms with E-state index < -0.39 is 0 Å². The van der Waals surface area contributed by atoms with E-state index in [2.05, 4.69) is 67.6 Å². The molecule has 4 aromatic carbocycles. The predicted molar refractivity (Wildman–Crippen MR) is 233 cm³/mol. The van der Waals surface area contributed by atoms with Crippen LogP contribution in [-0.4, -0.2) is 48.0 Å². The number of hydrogen-bond donors (Lipinski definition) is 4. The van der Waals surface area contributed by atoms with E-state index in [-0.39, 0.29) is 25.0 Å². The van der Waals surface area contributed by atoms with Gasteiger partial charge in [0.1, 0.15) is 61.6 Å². The van der Waals surface area contributed by atoms with Crippen LogP contribution in [0.3, 0.4) is 0 Å². The zero-order valence-electron chi connectivity index (χ0n) is 34.7. The molecule has 0 atom stereocenters. The molecular weight excluding hydrogens is 785 g/mol. The highest BCUT2D eigenvalue weighted by Gasteiger charge is 2.13. The van der Waals surface area contributed by atoms with Crippen LogP contribution < -0.4 is 40.2 Å². The summed E-state index contributed by atoms with van der Waals surface area (Å²) in [5, 5.41) is 33.0. The fourth-order valence-corrected chi connectivity index (χ4v) is 6.49. The maximum Gasteiger partial charge on any atom is 0.216 e. The smallest absolute Gasteiger partial charge is 0.216 e. The lowest BCUT2D eigenvalue weighted by molar-refractivity contribution is -0.119. The minimum Gasteiger partial charge on any atom is -0.489 e. The maximum atomic E-state index is 11.3. The Morgan fingerprint density at radius 3 is 1.39 bits per heavy atom. The second kappa shape index (κ2) is 22.7. The average Bonchev–Trinajstić information content (AvgIpc) is 3.29. The van der Waals surface area contributed by atoms with Crippen molar-refractivity contribution in [2.45, 2.75) is 53.4 Å². The molecule has 0 fully saturated rings. The number of hydrogen-bond acceptors (Lipinski definition) is 12. The predicted octanol–water partition coefficient (Wildman–Crippen LogP) is 6.14. The van der Waals surface area contributed by atoms with Crippen molar-refractivity contribution in [1.82, 2.24) is 31.2 Å². The van der Waals surface area contributed by atoms with E-state index in [1.165, 1.54) is 26.2 Å². The molecule has 0 bridgehead atoms. The Hall–Kier alpha value is -7.52. The Balaban J connectivity index is 1.14. The number of amides is 2. The van der Waals surface area contributed by atoms with E-state index in [1.807, 2.05) is 48.5 Å². The summed E-state index contributed by atoms with van der Waals surface area (Å²) >= 11 is 0. The third-order valence-electron chi connectivity index (χ3n) is 9.59. The summed E-state index contributed by atoms with van der Waals surface area (Å²) in [5.41, 5.74) is 6.25. The van der Waals surface area contributed by atoms with Crippen LogP contribution in [0, 0.1) is 22.7 Å². The van der Waals surface area contributed by atoms with E-state index in [0.717, 1.165) is 44.2 Å². The molecule has 316 valence electrons. The fourth-order valence-electron chi connectivity index (χ4n) is 6.49. The largest absolute Gasteiger partial charge is 0.489 e. The Bertz CT molecular complexity index is 2390. The van der Waals surface area contributed by atoms with Crippen LogP contribution in [0.1, 0.15) is 58.4 Å². The van der Waals surface area contributed by atoms with Crippen LogP contribution in [0.15, 0.2) is 110 Å². The minimum absolute atomic E-state index is 0.0823. The highest BCUT2D eigenvalue weighted by Crippen LogP contribution is 2.31. The summed E-state index contributed by atoms with van der Waals surface area (Å²) < 4.78 is 25.3. The Kier molecular flexibility index (Phi) is 16.2. The number of nitriles is 2. The molecule has 0 saturated heterocycles. The molecule has 0 aliphatic carbocycles. The van der Waals surface area contributed by atoms with Gasteiger partial charge in [-0.3, -0.25) is 19.6 Å². The maximum absolute atomic E-state index is 11.3. The molecule has 14 heteroatoms. The van der Waals surface area contributed by atoms with Gasteiger partial charge in [-0.05, 0) is 46.2 Å². The van der Waals surface area contributed by atoms with Gasteiger partial charge in [0.15, 0.2) is 0 Å². The lowest BCUT2D eigenvalue weighted by Crippen LogP contribution is -2.30. The van der Waals surface area contributed by atoms with E-state index in [9.17, 15) is 20.1 Å². The van der Waals surface area contributed by atoms with Gasteiger partial charge in [0.05, 0.1) is 11.1 Å². The van der Waals surface area contributed by atoms with E-state index >= 15 is 0 Å². The molecule has 2 amide bonds. The van der Waals surface area contributed by atoms with Crippen molar-refractivity contribution < 1.29 is 28.5 Å². The highest BCUT2D eigenvalue weighted by atomic mass is 16.5. The second-order valence-electron chi connectivity index (χ2n) is 14.3. The fraction of sp³-hybridized carbons (Fsp3) is 0.250. The third kappa shape index (κ3) is 13.2. The van der Waals surface area contributed by atoms with Gasteiger partial charge in [-0.2, -0.15) is 10.5 Å². The van der Waals surface area contributed by atoms with Gasteiger partial charge in [-0.25, -0.2) is 0 Å². The van der Waals surface area contributed by atoms with Crippen LogP contribution in [0.4, 0.5) is 0 Å². The van der Waals surface area contributed by atoms with Crippen LogP contribution in [0.25, 0.3) is 10.8 Å². The number of ether oxygens (including phenoxy) is 4. The number of aromatic nitrogens is 2. The first-order valence-corrected chi connectivity index (χ1v) is 20.1. The van der Waals surface area contributed by atoms with Gasteiger partial charge in [0.25, 0.3) is 0 Å². The van der Waals surface area contributed by atoms with Gasteiger partial charge in [-0.1, -0.05) is 48.5 Å². The first-order valence-electron chi connectivity index (χ1n) is 20.1. The van der Waals surface area contributed by atoms with Crippen molar-refractivity contribution >= 4 is 22.6 Å². The monoisotopic (exact) mass is 832 g/mol. The Morgan fingerprint density at radius 2 is 0.968 bits per heavy atom. The van der Waals surface area contributed by atoms with E-state index in [0.29, 0.717) is 86.6 Å². The van der Waals surface area contributed by atoms with Crippen LogP contribution >= 0.6 is 0 Å². The van der Waals surface area contributed by atoms with Crippen molar-refractivity contribution in [2.75, 3.05) is 26.2 Å². The first kappa shape index (κ1) is 44.0. The average molecular weight is 833 g/mol. The van der Waals surface area contributed by atoms with Gasteiger partial charge in [0.2, 0.25) is 11.8 Å². The number of carbonyl (C=O) groups is 2. The number of nitrogens with zero attached hydrogens (tertiary/aromatic N) is 4. The number of benzene rings is 4. The molecule has 0 aliphatic heterocycles. The summed E-state index contributed by atoms with van der Waals surface area (Å²) in [6.07, 6.45) is 6.37. The van der Waals surface area contributed by atoms with Crippen molar-refractivity contribution in [3.05, 3.63) is 154 Å². The van der Waals surface area contributed by atoms with Crippen molar-refractivity contribution in [2.24, 2.45) is 0 Å². The number of nitrogens with one attached hydrogen (secondary N) is 4. The molecule has 2 aromatic heterocycles. The highest BCUT2D eigenvalue weighted by molar-refractivity contribution is 5.88. The number of pyridine rings is 2. The minimum atomic E-state index is -0.0823. The number of carbonyl (C=O) groups excluding carboxylic acids is 2. The molecule has 6 rings (SSSR count). The third-order valence-corrected chi connectivity index (χ3v) is 9.59. The first-order chi connectivity index (χ1) is 30.3. The van der Waals surface area contributed by atoms with Crippen molar-refractivity contribution in [3.8, 4) is 35.1 Å². The molecule has 4 N–H and O–H groups in total. The Morgan fingerprint density at radius 1 is 0.532 bits per heavy atom. The molecule has 2 heterocycles. The summed E-state index contributed by atoms with van der Waals surface area (Å²) in [4.78, 5) is 30.9.